The van der Waals surface area contributed by atoms with Crippen LogP contribution in [-0.4, -0.2) is 16.1 Å². The molecule has 0 radical (unpaired) electrons. The van der Waals surface area contributed by atoms with E-state index < -0.39 is 23.3 Å². The molecule has 0 aliphatic carbocycles. The van der Waals surface area contributed by atoms with Gasteiger partial charge in [-0.05, 0) is 32.0 Å². The molecule has 4 rings (SSSR count). The van der Waals surface area contributed by atoms with Crippen LogP contribution in [0.3, 0.4) is 0 Å². The molecule has 0 amide bonds. The summed E-state index contributed by atoms with van der Waals surface area (Å²) < 4.78 is 69.5. The van der Waals surface area contributed by atoms with Crippen molar-refractivity contribution in [3.05, 3.63) is 41.7 Å². The van der Waals surface area contributed by atoms with E-state index in [0.29, 0.717) is 11.3 Å². The van der Waals surface area contributed by atoms with Crippen molar-refractivity contribution in [1.82, 2.24) is 9.97 Å². The van der Waals surface area contributed by atoms with Gasteiger partial charge in [0.05, 0.1) is 29.0 Å². The highest BCUT2D eigenvalue weighted by atomic mass is 19.3. The molecule has 26 heavy (non-hydrogen) atoms. The lowest BCUT2D eigenvalue weighted by molar-refractivity contribution is -0.369. The molecule has 0 atom stereocenters. The fraction of sp³-hybridized carbons (Fsp3) is 0.294. The lowest BCUT2D eigenvalue weighted by Gasteiger charge is -2.11. The number of aromatic nitrogens is 2. The molecule has 3 heterocycles. The van der Waals surface area contributed by atoms with Crippen LogP contribution in [0.4, 0.5) is 17.6 Å². The predicted molar refractivity (Wildman–Crippen MR) is 81.9 cm³/mol. The Kier molecular flexibility index (Phi) is 3.49. The number of pyridine rings is 1. The van der Waals surface area contributed by atoms with Crippen molar-refractivity contribution in [2.45, 2.75) is 32.2 Å². The first kappa shape index (κ1) is 16.8. The van der Waals surface area contributed by atoms with Crippen LogP contribution in [0.2, 0.25) is 0 Å². The van der Waals surface area contributed by atoms with Crippen molar-refractivity contribution in [3.8, 4) is 17.2 Å². The Balaban J connectivity index is 1.87. The topological polar surface area (TPSA) is 57.4 Å². The van der Waals surface area contributed by atoms with Gasteiger partial charge in [0, 0.05) is 6.20 Å². The van der Waals surface area contributed by atoms with Crippen LogP contribution in [0, 0.1) is 0 Å². The minimum absolute atomic E-state index is 0.00651. The lowest BCUT2D eigenvalue weighted by atomic mass is 10.1. The van der Waals surface area contributed by atoms with E-state index in [2.05, 4.69) is 14.7 Å². The van der Waals surface area contributed by atoms with E-state index in [4.69, 9.17) is 9.15 Å². The van der Waals surface area contributed by atoms with Gasteiger partial charge >= 0.3 is 12.2 Å². The SMILES string of the molecule is CC(C)Oc1cnccc1-c1nc2cc3c(cc2o1)C(F)(F)OC3(F)F. The zero-order chi connectivity index (χ0) is 18.7. The number of nitrogens with zero attached hydrogens (tertiary/aromatic N) is 2. The number of fused-ring (bicyclic) bond motifs is 2. The van der Waals surface area contributed by atoms with Gasteiger partial charge in [0.2, 0.25) is 5.89 Å². The summed E-state index contributed by atoms with van der Waals surface area (Å²) in [5, 5.41) is 0. The zero-order valence-electron chi connectivity index (χ0n) is 13.6. The molecule has 1 aromatic carbocycles. The van der Waals surface area contributed by atoms with Crippen LogP contribution >= 0.6 is 0 Å². The van der Waals surface area contributed by atoms with Crippen molar-refractivity contribution >= 4 is 11.1 Å². The number of oxazole rings is 1. The monoisotopic (exact) mass is 368 g/mol. The van der Waals surface area contributed by atoms with Crippen LogP contribution < -0.4 is 4.74 Å². The largest absolute Gasteiger partial charge is 0.489 e. The predicted octanol–water partition coefficient (Wildman–Crippen LogP) is 4.81. The summed E-state index contributed by atoms with van der Waals surface area (Å²) in [5.41, 5.74) is -1.49. The van der Waals surface area contributed by atoms with Crippen LogP contribution in [-0.2, 0) is 17.0 Å². The van der Waals surface area contributed by atoms with E-state index in [0.717, 1.165) is 12.1 Å². The van der Waals surface area contributed by atoms with Crippen LogP contribution in [0.5, 0.6) is 5.75 Å². The average molecular weight is 368 g/mol. The Morgan fingerprint density at radius 3 is 2.46 bits per heavy atom. The fourth-order valence-electron chi connectivity index (χ4n) is 2.75. The summed E-state index contributed by atoms with van der Waals surface area (Å²) in [5.74, 6) is 0.426. The molecule has 0 spiro atoms. The van der Waals surface area contributed by atoms with Gasteiger partial charge in [-0.3, -0.25) is 4.98 Å². The molecule has 0 fully saturated rings. The lowest BCUT2D eigenvalue weighted by Crippen LogP contribution is -2.17. The van der Waals surface area contributed by atoms with Crippen molar-refractivity contribution < 1.29 is 31.5 Å². The average Bonchev–Trinajstić information content (AvgIpc) is 3.02. The third-order valence-electron chi connectivity index (χ3n) is 3.79. The highest BCUT2D eigenvalue weighted by Crippen LogP contribution is 2.52. The Morgan fingerprint density at radius 1 is 1.08 bits per heavy atom. The van der Waals surface area contributed by atoms with Crippen molar-refractivity contribution in [1.29, 1.82) is 0 Å². The summed E-state index contributed by atoms with van der Waals surface area (Å²) in [6, 6.07) is 3.25. The molecule has 0 saturated heterocycles. The third kappa shape index (κ3) is 2.59. The molecule has 136 valence electrons. The minimum atomic E-state index is -4.11. The number of benzene rings is 1. The molecule has 1 aliphatic heterocycles. The second-order valence-electron chi connectivity index (χ2n) is 6.06. The standard InChI is InChI=1S/C17H12F4N2O3/c1-8(2)24-14-7-22-4-3-9(14)15-23-12-5-10-11(6-13(12)25-15)17(20,21)26-16(10,18)19/h3-8H,1-2H3. The van der Waals surface area contributed by atoms with Crippen molar-refractivity contribution in [3.63, 3.8) is 0 Å². The van der Waals surface area contributed by atoms with Crippen LogP contribution in [0.25, 0.3) is 22.6 Å². The smallest absolute Gasteiger partial charge is 0.388 e. The maximum Gasteiger partial charge on any atom is 0.388 e. The number of hydrogen-bond acceptors (Lipinski definition) is 5. The normalized spacial score (nSPS) is 17.7. The molecule has 5 nitrogen and oxygen atoms in total. The summed E-state index contributed by atoms with van der Waals surface area (Å²) >= 11 is 0. The summed E-state index contributed by atoms with van der Waals surface area (Å²) in [7, 11) is 0. The molecule has 0 N–H and O–H groups in total. The number of hydrogen-bond donors (Lipinski definition) is 0. The first-order valence-corrected chi connectivity index (χ1v) is 7.70. The molecule has 0 unspecified atom stereocenters. The van der Waals surface area contributed by atoms with Gasteiger partial charge in [-0.25, -0.2) is 9.72 Å². The van der Waals surface area contributed by atoms with Crippen LogP contribution in [0.1, 0.15) is 25.0 Å². The Labute approximate surface area is 144 Å². The Bertz CT molecular complexity index is 950. The third-order valence-corrected chi connectivity index (χ3v) is 3.79. The molecule has 3 aromatic rings. The highest BCUT2D eigenvalue weighted by Gasteiger charge is 2.57. The summed E-state index contributed by atoms with van der Waals surface area (Å²) in [6.07, 6.45) is -5.42. The minimum Gasteiger partial charge on any atom is -0.489 e. The molecule has 1 aliphatic rings. The Hall–Kier alpha value is -2.68. The van der Waals surface area contributed by atoms with E-state index >= 15 is 0 Å². The fourth-order valence-corrected chi connectivity index (χ4v) is 2.75. The van der Waals surface area contributed by atoms with E-state index in [-0.39, 0.29) is 23.1 Å². The van der Waals surface area contributed by atoms with Gasteiger partial charge in [0.1, 0.15) is 5.52 Å². The number of alkyl halides is 4. The van der Waals surface area contributed by atoms with Gasteiger partial charge < -0.3 is 9.15 Å². The van der Waals surface area contributed by atoms with Gasteiger partial charge in [-0.2, -0.15) is 17.6 Å². The molecule has 9 heteroatoms. The Morgan fingerprint density at radius 2 is 1.77 bits per heavy atom. The summed E-state index contributed by atoms with van der Waals surface area (Å²) in [6.45, 7) is 3.63. The van der Waals surface area contributed by atoms with E-state index in [9.17, 15) is 17.6 Å². The first-order chi connectivity index (χ1) is 12.2. The second kappa shape index (κ2) is 5.41. The second-order valence-corrected chi connectivity index (χ2v) is 6.06. The van der Waals surface area contributed by atoms with E-state index in [1.165, 1.54) is 12.4 Å². The quantitative estimate of drug-likeness (QED) is 0.621. The number of ether oxygens (including phenoxy) is 2. The number of halogens is 4. The molecule has 0 saturated carbocycles. The number of rotatable bonds is 3. The molecular weight excluding hydrogens is 356 g/mol. The van der Waals surface area contributed by atoms with Gasteiger partial charge in [0.25, 0.3) is 0 Å². The van der Waals surface area contributed by atoms with Crippen LogP contribution in [0.15, 0.2) is 35.0 Å². The maximum atomic E-state index is 13.7. The van der Waals surface area contributed by atoms with Gasteiger partial charge in [-0.15, -0.1) is 0 Å². The van der Waals surface area contributed by atoms with Crippen molar-refractivity contribution in [2.24, 2.45) is 0 Å². The maximum absolute atomic E-state index is 13.7. The van der Waals surface area contributed by atoms with Gasteiger partial charge in [0.15, 0.2) is 11.3 Å². The molecule has 2 aromatic heterocycles. The summed E-state index contributed by atoms with van der Waals surface area (Å²) in [4.78, 5) is 8.09. The zero-order valence-corrected chi connectivity index (χ0v) is 13.6. The van der Waals surface area contributed by atoms with E-state index in [1.807, 2.05) is 13.8 Å². The molecule has 0 bridgehead atoms. The first-order valence-electron chi connectivity index (χ1n) is 7.70. The van der Waals surface area contributed by atoms with Gasteiger partial charge in [-0.1, -0.05) is 0 Å². The van der Waals surface area contributed by atoms with E-state index in [1.54, 1.807) is 6.07 Å². The molecular formula is C17H12F4N2O3. The van der Waals surface area contributed by atoms with Crippen molar-refractivity contribution in [2.75, 3.05) is 0 Å². The highest BCUT2D eigenvalue weighted by molar-refractivity contribution is 5.79.